The molecule has 0 radical (unpaired) electrons. The molecule has 1 fully saturated rings. The average Bonchev–Trinajstić information content (AvgIpc) is 2.66. The molecule has 0 bridgehead atoms. The summed E-state index contributed by atoms with van der Waals surface area (Å²) in [6, 6.07) is 3.52. The van der Waals surface area contributed by atoms with Crippen LogP contribution in [0, 0.1) is 0 Å². The largest absolute Gasteiger partial charge is 0.384 e. The highest BCUT2D eigenvalue weighted by atomic mass is 16.5. The van der Waals surface area contributed by atoms with Gasteiger partial charge >= 0.3 is 0 Å². The summed E-state index contributed by atoms with van der Waals surface area (Å²) in [5.74, 6) is 0.442. The minimum Gasteiger partial charge on any atom is -0.384 e. The van der Waals surface area contributed by atoms with Crippen LogP contribution < -0.4 is 5.73 Å². The van der Waals surface area contributed by atoms with Crippen molar-refractivity contribution >= 4 is 11.7 Å². The molecule has 0 aromatic carbocycles. The lowest BCUT2D eigenvalue weighted by atomic mass is 10.1. The van der Waals surface area contributed by atoms with Gasteiger partial charge in [-0.05, 0) is 25.0 Å². The van der Waals surface area contributed by atoms with Crippen molar-refractivity contribution in [3.05, 3.63) is 23.4 Å². The van der Waals surface area contributed by atoms with Crippen molar-refractivity contribution < 1.29 is 9.53 Å². The van der Waals surface area contributed by atoms with Crippen LogP contribution in [-0.4, -0.2) is 42.1 Å². The van der Waals surface area contributed by atoms with Gasteiger partial charge in [0, 0.05) is 31.0 Å². The maximum atomic E-state index is 12.4. The second-order valence-electron chi connectivity index (χ2n) is 4.78. The molecule has 5 heteroatoms. The number of carbonyl (C=O) groups excluding carboxylic acids is 1. The lowest BCUT2D eigenvalue weighted by Crippen LogP contribution is -2.33. The smallest absolute Gasteiger partial charge is 0.254 e. The van der Waals surface area contributed by atoms with E-state index in [1.165, 1.54) is 0 Å². The number of pyridine rings is 1. The molecule has 1 aromatic heterocycles. The van der Waals surface area contributed by atoms with Crippen molar-refractivity contribution in [3.8, 4) is 0 Å². The zero-order valence-electron chi connectivity index (χ0n) is 11.4. The van der Waals surface area contributed by atoms with Crippen LogP contribution in [0.4, 0.5) is 5.82 Å². The van der Waals surface area contributed by atoms with E-state index in [-0.39, 0.29) is 5.91 Å². The van der Waals surface area contributed by atoms with Gasteiger partial charge in [0.1, 0.15) is 5.82 Å². The predicted octanol–water partition coefficient (Wildman–Crippen LogP) is 1.48. The minimum absolute atomic E-state index is 0.0250. The first-order chi connectivity index (χ1) is 9.20. The number of ether oxygens (including phenoxy) is 1. The summed E-state index contributed by atoms with van der Waals surface area (Å²) in [5, 5.41) is 0. The molecule has 2 heterocycles. The Morgan fingerprint density at radius 2 is 2.26 bits per heavy atom. The number of nitrogen functional groups attached to an aromatic ring is 1. The molecule has 2 N–H and O–H groups in total. The maximum Gasteiger partial charge on any atom is 0.254 e. The first-order valence-corrected chi connectivity index (χ1v) is 6.84. The van der Waals surface area contributed by atoms with Gasteiger partial charge in [0.15, 0.2) is 0 Å². The third kappa shape index (κ3) is 3.67. The van der Waals surface area contributed by atoms with Crippen LogP contribution in [0.15, 0.2) is 12.1 Å². The fourth-order valence-electron chi connectivity index (χ4n) is 2.25. The Balaban J connectivity index is 2.17. The molecule has 0 aliphatic carbocycles. The van der Waals surface area contributed by atoms with Gasteiger partial charge in [-0.2, -0.15) is 0 Å². The molecule has 0 unspecified atom stereocenters. The number of nitrogens with zero attached hydrogens (tertiary/aromatic N) is 2. The molecule has 104 valence electrons. The van der Waals surface area contributed by atoms with Crippen molar-refractivity contribution in [2.75, 3.05) is 32.0 Å². The molecule has 5 nitrogen and oxygen atoms in total. The number of rotatable bonds is 3. The Morgan fingerprint density at radius 1 is 1.42 bits per heavy atom. The van der Waals surface area contributed by atoms with E-state index in [9.17, 15) is 4.79 Å². The molecule has 0 saturated carbocycles. The third-order valence-corrected chi connectivity index (χ3v) is 3.16. The summed E-state index contributed by atoms with van der Waals surface area (Å²) in [5.41, 5.74) is 7.30. The first-order valence-electron chi connectivity index (χ1n) is 6.84. The zero-order chi connectivity index (χ0) is 13.7. The number of carbonyl (C=O) groups is 1. The maximum absolute atomic E-state index is 12.4. The van der Waals surface area contributed by atoms with Crippen molar-refractivity contribution in [1.82, 2.24) is 9.88 Å². The number of amides is 1. The highest BCUT2D eigenvalue weighted by Crippen LogP contribution is 2.13. The molecule has 1 aliphatic heterocycles. The average molecular weight is 263 g/mol. The lowest BCUT2D eigenvalue weighted by molar-refractivity contribution is 0.0741. The number of aromatic nitrogens is 1. The fraction of sp³-hybridized carbons (Fsp3) is 0.571. The Morgan fingerprint density at radius 3 is 3.05 bits per heavy atom. The molecule has 2 rings (SSSR count). The monoisotopic (exact) mass is 263 g/mol. The van der Waals surface area contributed by atoms with Crippen molar-refractivity contribution in [2.24, 2.45) is 0 Å². The molecule has 1 aliphatic rings. The SMILES string of the molecule is CCCc1cc(C(=O)N2CCCOCC2)cc(N)n1. The number of hydrogen-bond acceptors (Lipinski definition) is 4. The quantitative estimate of drug-likeness (QED) is 0.897. The third-order valence-electron chi connectivity index (χ3n) is 3.16. The molecule has 0 spiro atoms. The predicted molar refractivity (Wildman–Crippen MR) is 74.0 cm³/mol. The van der Waals surface area contributed by atoms with Crippen LogP contribution in [0.25, 0.3) is 0 Å². The van der Waals surface area contributed by atoms with Crippen molar-refractivity contribution in [1.29, 1.82) is 0 Å². The molecule has 1 amide bonds. The summed E-state index contributed by atoms with van der Waals surface area (Å²) in [6.07, 6.45) is 2.71. The molecular weight excluding hydrogens is 242 g/mol. The van der Waals surface area contributed by atoms with Crippen LogP contribution in [0.2, 0.25) is 0 Å². The van der Waals surface area contributed by atoms with Crippen LogP contribution in [-0.2, 0) is 11.2 Å². The molecular formula is C14H21N3O2. The van der Waals surface area contributed by atoms with Crippen molar-refractivity contribution in [3.63, 3.8) is 0 Å². The second-order valence-corrected chi connectivity index (χ2v) is 4.78. The van der Waals surface area contributed by atoms with Gasteiger partial charge in [-0.25, -0.2) is 4.98 Å². The van der Waals surface area contributed by atoms with Gasteiger partial charge < -0.3 is 15.4 Å². The Kier molecular flexibility index (Phi) is 4.74. The molecule has 1 saturated heterocycles. The van der Waals surface area contributed by atoms with E-state index >= 15 is 0 Å². The van der Waals surface area contributed by atoms with E-state index < -0.39 is 0 Å². The van der Waals surface area contributed by atoms with Crippen LogP contribution in [0.5, 0.6) is 0 Å². The van der Waals surface area contributed by atoms with Gasteiger partial charge in [-0.1, -0.05) is 13.3 Å². The minimum atomic E-state index is 0.0250. The van der Waals surface area contributed by atoms with E-state index in [2.05, 4.69) is 11.9 Å². The normalized spacial score (nSPS) is 16.2. The number of nitrogens with two attached hydrogens (primary N) is 1. The topological polar surface area (TPSA) is 68.5 Å². The number of hydrogen-bond donors (Lipinski definition) is 1. The van der Waals surface area contributed by atoms with Gasteiger partial charge in [0.05, 0.1) is 6.61 Å². The summed E-state index contributed by atoms with van der Waals surface area (Å²) in [7, 11) is 0. The molecule has 19 heavy (non-hydrogen) atoms. The van der Waals surface area contributed by atoms with Crippen molar-refractivity contribution in [2.45, 2.75) is 26.2 Å². The summed E-state index contributed by atoms with van der Waals surface area (Å²) < 4.78 is 5.37. The van der Waals surface area contributed by atoms with Gasteiger partial charge in [0.25, 0.3) is 5.91 Å². The number of aryl methyl sites for hydroxylation is 1. The van der Waals surface area contributed by atoms with Crippen LogP contribution in [0.1, 0.15) is 35.8 Å². The van der Waals surface area contributed by atoms with E-state index in [4.69, 9.17) is 10.5 Å². The Labute approximate surface area is 113 Å². The van der Waals surface area contributed by atoms with E-state index in [0.717, 1.165) is 38.1 Å². The number of anilines is 1. The Hall–Kier alpha value is -1.62. The summed E-state index contributed by atoms with van der Waals surface area (Å²) >= 11 is 0. The summed E-state index contributed by atoms with van der Waals surface area (Å²) in [6.45, 7) is 4.80. The Bertz CT molecular complexity index is 440. The lowest BCUT2D eigenvalue weighted by Gasteiger charge is -2.20. The van der Waals surface area contributed by atoms with Gasteiger partial charge in [-0.15, -0.1) is 0 Å². The fourth-order valence-corrected chi connectivity index (χ4v) is 2.25. The molecule has 1 aromatic rings. The van der Waals surface area contributed by atoms with E-state index in [1.807, 2.05) is 11.0 Å². The van der Waals surface area contributed by atoms with E-state index in [1.54, 1.807) is 6.07 Å². The highest BCUT2D eigenvalue weighted by Gasteiger charge is 2.18. The second kappa shape index (κ2) is 6.52. The highest BCUT2D eigenvalue weighted by molar-refractivity contribution is 5.95. The van der Waals surface area contributed by atoms with Crippen LogP contribution in [0.3, 0.4) is 0 Å². The van der Waals surface area contributed by atoms with Crippen LogP contribution >= 0.6 is 0 Å². The zero-order valence-corrected chi connectivity index (χ0v) is 11.4. The van der Waals surface area contributed by atoms with E-state index in [0.29, 0.717) is 24.5 Å². The van der Waals surface area contributed by atoms with Gasteiger partial charge in [0.2, 0.25) is 0 Å². The molecule has 0 atom stereocenters. The first kappa shape index (κ1) is 13.8. The summed E-state index contributed by atoms with van der Waals surface area (Å²) in [4.78, 5) is 18.5. The standard InChI is InChI=1S/C14H21N3O2/c1-2-4-12-9-11(10-13(15)16-12)14(18)17-5-3-7-19-8-6-17/h9-10H,2-8H2,1H3,(H2,15,16). The van der Waals surface area contributed by atoms with Gasteiger partial charge in [-0.3, -0.25) is 4.79 Å².